The van der Waals surface area contributed by atoms with E-state index >= 15 is 0 Å². The lowest BCUT2D eigenvalue weighted by Gasteiger charge is -2.11. The number of nitrogens with zero attached hydrogens (tertiary/aromatic N) is 1. The standard InChI is InChI=1S/C23H19BrN2O3S/c1-29-22-8-4-6-20(23(22)24)16-9-11-18(12-10-16)30(27,28)26-15-17-13-14-25-21-7-3-2-5-19(17)21/h2-14,26H,15H2,1H3. The van der Waals surface area contributed by atoms with Gasteiger partial charge in [0.25, 0.3) is 0 Å². The van der Waals surface area contributed by atoms with E-state index in [1.165, 1.54) is 0 Å². The van der Waals surface area contributed by atoms with E-state index in [2.05, 4.69) is 25.6 Å². The highest BCUT2D eigenvalue weighted by molar-refractivity contribution is 9.10. The van der Waals surface area contributed by atoms with Crippen LogP contribution in [-0.4, -0.2) is 20.5 Å². The minimum Gasteiger partial charge on any atom is -0.496 e. The summed E-state index contributed by atoms with van der Waals surface area (Å²) < 4.78 is 34.4. The van der Waals surface area contributed by atoms with Gasteiger partial charge in [-0.2, -0.15) is 0 Å². The molecule has 0 saturated heterocycles. The number of nitrogens with one attached hydrogen (secondary N) is 1. The molecule has 152 valence electrons. The first-order valence-electron chi connectivity index (χ1n) is 9.25. The Morgan fingerprint density at radius 3 is 2.50 bits per heavy atom. The van der Waals surface area contributed by atoms with Crippen LogP contribution >= 0.6 is 15.9 Å². The molecule has 0 amide bonds. The number of aromatic nitrogens is 1. The molecule has 0 unspecified atom stereocenters. The molecule has 5 nitrogen and oxygen atoms in total. The largest absolute Gasteiger partial charge is 0.496 e. The molecule has 0 atom stereocenters. The molecule has 0 aliphatic heterocycles. The Hall–Kier alpha value is -2.74. The average Bonchev–Trinajstić information content (AvgIpc) is 2.78. The van der Waals surface area contributed by atoms with Gasteiger partial charge in [0.2, 0.25) is 10.0 Å². The maximum atomic E-state index is 12.8. The Morgan fingerprint density at radius 2 is 1.73 bits per heavy atom. The average molecular weight is 483 g/mol. The van der Waals surface area contributed by atoms with Crippen molar-refractivity contribution in [3.63, 3.8) is 0 Å². The Balaban J connectivity index is 1.56. The van der Waals surface area contributed by atoms with Gasteiger partial charge >= 0.3 is 0 Å². The number of fused-ring (bicyclic) bond motifs is 1. The Labute approximate surface area is 183 Å². The molecule has 0 saturated carbocycles. The van der Waals surface area contributed by atoms with Gasteiger partial charge in [0.1, 0.15) is 5.75 Å². The van der Waals surface area contributed by atoms with E-state index in [0.29, 0.717) is 0 Å². The van der Waals surface area contributed by atoms with Gasteiger partial charge < -0.3 is 4.74 Å². The summed E-state index contributed by atoms with van der Waals surface area (Å²) in [6, 6.07) is 22.0. The molecule has 7 heteroatoms. The number of sulfonamides is 1. The zero-order chi connectivity index (χ0) is 21.1. The normalized spacial score (nSPS) is 11.5. The molecule has 0 aliphatic carbocycles. The summed E-state index contributed by atoms with van der Waals surface area (Å²) in [5.74, 6) is 0.718. The van der Waals surface area contributed by atoms with Crippen LogP contribution in [0.15, 0.2) is 88.4 Å². The van der Waals surface area contributed by atoms with E-state index < -0.39 is 10.0 Å². The number of rotatable bonds is 6. The molecule has 0 radical (unpaired) electrons. The second-order valence-corrected chi connectivity index (χ2v) is 9.22. The molecule has 0 fully saturated rings. The van der Waals surface area contributed by atoms with Crippen LogP contribution in [-0.2, 0) is 16.6 Å². The van der Waals surface area contributed by atoms with Gasteiger partial charge in [-0.05, 0) is 63.0 Å². The number of halogens is 1. The third kappa shape index (κ3) is 4.09. The highest BCUT2D eigenvalue weighted by atomic mass is 79.9. The van der Waals surface area contributed by atoms with Crippen molar-refractivity contribution in [3.05, 3.63) is 89.0 Å². The van der Waals surface area contributed by atoms with Gasteiger partial charge in [0.05, 0.1) is 22.0 Å². The highest BCUT2D eigenvalue weighted by Gasteiger charge is 2.15. The lowest BCUT2D eigenvalue weighted by molar-refractivity contribution is 0.412. The van der Waals surface area contributed by atoms with Crippen LogP contribution in [0.3, 0.4) is 0 Å². The van der Waals surface area contributed by atoms with Crippen molar-refractivity contribution in [2.75, 3.05) is 7.11 Å². The number of para-hydroxylation sites is 1. The van der Waals surface area contributed by atoms with Crippen molar-refractivity contribution < 1.29 is 13.2 Å². The van der Waals surface area contributed by atoms with Gasteiger partial charge in [-0.25, -0.2) is 13.1 Å². The molecule has 0 spiro atoms. The zero-order valence-electron chi connectivity index (χ0n) is 16.2. The quantitative estimate of drug-likeness (QED) is 0.412. The number of benzene rings is 3. The van der Waals surface area contributed by atoms with Crippen LogP contribution in [0.5, 0.6) is 5.75 Å². The second-order valence-electron chi connectivity index (χ2n) is 6.66. The molecule has 4 aromatic rings. The van der Waals surface area contributed by atoms with E-state index in [9.17, 15) is 8.42 Å². The number of pyridine rings is 1. The highest BCUT2D eigenvalue weighted by Crippen LogP contribution is 2.35. The van der Waals surface area contributed by atoms with Crippen LogP contribution in [0.2, 0.25) is 0 Å². The summed E-state index contributed by atoms with van der Waals surface area (Å²) in [7, 11) is -2.05. The summed E-state index contributed by atoms with van der Waals surface area (Å²) in [6.45, 7) is 0.189. The van der Waals surface area contributed by atoms with Gasteiger partial charge in [-0.1, -0.05) is 42.5 Å². The van der Waals surface area contributed by atoms with Crippen LogP contribution in [0, 0.1) is 0 Å². The number of methoxy groups -OCH3 is 1. The maximum Gasteiger partial charge on any atom is 0.240 e. The number of ether oxygens (including phenoxy) is 1. The first kappa shape index (κ1) is 20.5. The third-order valence-electron chi connectivity index (χ3n) is 4.85. The monoisotopic (exact) mass is 482 g/mol. The summed E-state index contributed by atoms with van der Waals surface area (Å²) in [4.78, 5) is 4.52. The second kappa shape index (κ2) is 8.55. The molecule has 30 heavy (non-hydrogen) atoms. The lowest BCUT2D eigenvalue weighted by atomic mass is 10.1. The Bertz CT molecular complexity index is 1300. The van der Waals surface area contributed by atoms with E-state index in [1.54, 1.807) is 37.6 Å². The summed E-state index contributed by atoms with van der Waals surface area (Å²) in [5.41, 5.74) is 3.53. The van der Waals surface area contributed by atoms with Crippen LogP contribution < -0.4 is 9.46 Å². The summed E-state index contributed by atoms with van der Waals surface area (Å²) in [6.07, 6.45) is 1.69. The topological polar surface area (TPSA) is 68.3 Å². The first-order valence-corrected chi connectivity index (χ1v) is 11.5. The van der Waals surface area contributed by atoms with Crippen LogP contribution in [0.25, 0.3) is 22.0 Å². The molecule has 1 heterocycles. The van der Waals surface area contributed by atoms with E-state index in [4.69, 9.17) is 4.74 Å². The van der Waals surface area contributed by atoms with Crippen LogP contribution in [0.4, 0.5) is 0 Å². The van der Waals surface area contributed by atoms with Crippen molar-refractivity contribution in [1.29, 1.82) is 0 Å². The lowest BCUT2D eigenvalue weighted by Crippen LogP contribution is -2.23. The van der Waals surface area contributed by atoms with Crippen molar-refractivity contribution in [1.82, 2.24) is 9.71 Å². The van der Waals surface area contributed by atoms with E-state index in [1.807, 2.05) is 48.5 Å². The number of hydrogen-bond donors (Lipinski definition) is 1. The Morgan fingerprint density at radius 1 is 0.967 bits per heavy atom. The van der Waals surface area contributed by atoms with E-state index in [-0.39, 0.29) is 11.4 Å². The Kier molecular flexibility index (Phi) is 5.85. The van der Waals surface area contributed by atoms with Crippen LogP contribution in [0.1, 0.15) is 5.56 Å². The minimum atomic E-state index is -3.66. The molecule has 1 N–H and O–H groups in total. The SMILES string of the molecule is COc1cccc(-c2ccc(S(=O)(=O)NCc3ccnc4ccccc34)cc2)c1Br. The summed E-state index contributed by atoms with van der Waals surface area (Å²) >= 11 is 3.55. The molecule has 0 aliphatic rings. The van der Waals surface area contributed by atoms with Crippen molar-refractivity contribution >= 4 is 36.9 Å². The first-order chi connectivity index (χ1) is 14.5. The number of hydrogen-bond acceptors (Lipinski definition) is 4. The zero-order valence-corrected chi connectivity index (χ0v) is 18.6. The van der Waals surface area contributed by atoms with Crippen molar-refractivity contribution in [3.8, 4) is 16.9 Å². The fourth-order valence-corrected chi connectivity index (χ4v) is 4.93. The van der Waals surface area contributed by atoms with Gasteiger partial charge in [-0.15, -0.1) is 0 Å². The maximum absolute atomic E-state index is 12.8. The molecule has 0 bridgehead atoms. The third-order valence-corrected chi connectivity index (χ3v) is 7.09. The predicted molar refractivity (Wildman–Crippen MR) is 122 cm³/mol. The fourth-order valence-electron chi connectivity index (χ4n) is 3.27. The van der Waals surface area contributed by atoms with Gasteiger partial charge in [-0.3, -0.25) is 4.98 Å². The van der Waals surface area contributed by atoms with Crippen molar-refractivity contribution in [2.45, 2.75) is 11.4 Å². The molecular formula is C23H19BrN2O3S. The van der Waals surface area contributed by atoms with Gasteiger partial charge in [0.15, 0.2) is 0 Å². The van der Waals surface area contributed by atoms with E-state index in [0.717, 1.165) is 37.8 Å². The molecule has 3 aromatic carbocycles. The predicted octanol–water partition coefficient (Wildman–Crippen LogP) is 5.15. The minimum absolute atomic E-state index is 0.189. The smallest absolute Gasteiger partial charge is 0.240 e. The van der Waals surface area contributed by atoms with Gasteiger partial charge in [0, 0.05) is 18.1 Å². The fraction of sp³-hybridized carbons (Fsp3) is 0.0870. The molecule has 1 aromatic heterocycles. The van der Waals surface area contributed by atoms with Crippen molar-refractivity contribution in [2.24, 2.45) is 0 Å². The molecular weight excluding hydrogens is 464 g/mol. The summed E-state index contributed by atoms with van der Waals surface area (Å²) in [5, 5.41) is 0.931. The molecule has 4 rings (SSSR count).